The van der Waals surface area contributed by atoms with Crippen LogP contribution in [-0.4, -0.2) is 49.4 Å². The summed E-state index contributed by atoms with van der Waals surface area (Å²) in [7, 11) is 1.64. The van der Waals surface area contributed by atoms with Gasteiger partial charge in [0.25, 0.3) is 0 Å². The van der Waals surface area contributed by atoms with Crippen molar-refractivity contribution in [3.63, 3.8) is 0 Å². The van der Waals surface area contributed by atoms with E-state index >= 15 is 0 Å². The highest BCUT2D eigenvalue weighted by Crippen LogP contribution is 2.24. The van der Waals surface area contributed by atoms with Crippen LogP contribution in [0.1, 0.15) is 26.3 Å². The number of amides is 2. The van der Waals surface area contributed by atoms with Gasteiger partial charge in [0.1, 0.15) is 12.4 Å². The molecule has 0 aliphatic heterocycles. The van der Waals surface area contributed by atoms with Crippen LogP contribution in [0.3, 0.4) is 0 Å². The Kier molecular flexibility index (Phi) is 6.49. The van der Waals surface area contributed by atoms with Crippen molar-refractivity contribution < 1.29 is 14.6 Å². The third-order valence-corrected chi connectivity index (χ3v) is 3.15. The monoisotopic (exact) mass is 294 g/mol. The smallest absolute Gasteiger partial charge is 0.317 e. The van der Waals surface area contributed by atoms with E-state index in [0.29, 0.717) is 19.7 Å². The number of nitrogens with one attached hydrogen (secondary N) is 1. The second-order valence-corrected chi connectivity index (χ2v) is 6.00. The lowest BCUT2D eigenvalue weighted by Crippen LogP contribution is -2.40. The van der Waals surface area contributed by atoms with Gasteiger partial charge < -0.3 is 20.1 Å². The third-order valence-electron chi connectivity index (χ3n) is 3.15. The number of benzene rings is 1. The Bertz CT molecular complexity index is 438. The fraction of sp³-hybridized carbons (Fsp3) is 0.562. The van der Waals surface area contributed by atoms with Gasteiger partial charge in [0.05, 0.1) is 13.2 Å². The number of carbonyl (C=O) groups is 1. The standard InChI is InChI=1S/C16H26N2O3/c1-16(2,3)13-5-7-14(8-6-13)21-12-9-17-15(20)18(4)10-11-19/h5-8,19H,9-12H2,1-4H3,(H,17,20). The molecule has 1 aromatic carbocycles. The quantitative estimate of drug-likeness (QED) is 0.789. The van der Waals surface area contributed by atoms with Crippen molar-refractivity contribution in [2.45, 2.75) is 26.2 Å². The molecule has 0 aliphatic carbocycles. The van der Waals surface area contributed by atoms with Crippen molar-refractivity contribution in [1.82, 2.24) is 10.2 Å². The summed E-state index contributed by atoms with van der Waals surface area (Å²) in [6.45, 7) is 7.62. The lowest BCUT2D eigenvalue weighted by Gasteiger charge is -2.19. The van der Waals surface area contributed by atoms with Gasteiger partial charge in [-0.3, -0.25) is 0 Å². The molecule has 0 fully saturated rings. The first kappa shape index (κ1) is 17.3. The second kappa shape index (κ2) is 7.88. The van der Waals surface area contributed by atoms with Crippen molar-refractivity contribution in [2.24, 2.45) is 0 Å². The molecular formula is C16H26N2O3. The topological polar surface area (TPSA) is 61.8 Å². The van der Waals surface area contributed by atoms with Crippen molar-refractivity contribution >= 4 is 6.03 Å². The average molecular weight is 294 g/mol. The summed E-state index contributed by atoms with van der Waals surface area (Å²) in [6.07, 6.45) is 0. The van der Waals surface area contributed by atoms with Crippen LogP contribution >= 0.6 is 0 Å². The molecule has 0 radical (unpaired) electrons. The van der Waals surface area contributed by atoms with Crippen LogP contribution in [0.5, 0.6) is 5.75 Å². The van der Waals surface area contributed by atoms with E-state index in [1.165, 1.54) is 10.5 Å². The predicted octanol–water partition coefficient (Wildman–Crippen LogP) is 2.00. The summed E-state index contributed by atoms with van der Waals surface area (Å²) >= 11 is 0. The largest absolute Gasteiger partial charge is 0.492 e. The van der Waals surface area contributed by atoms with Gasteiger partial charge in [-0.15, -0.1) is 0 Å². The van der Waals surface area contributed by atoms with E-state index in [9.17, 15) is 4.79 Å². The molecule has 1 rings (SSSR count). The summed E-state index contributed by atoms with van der Waals surface area (Å²) in [6, 6.07) is 7.79. The Morgan fingerprint density at radius 1 is 1.29 bits per heavy atom. The molecule has 0 saturated carbocycles. The number of likely N-dealkylation sites (N-methyl/N-ethyl adjacent to an activating group) is 1. The molecule has 5 heteroatoms. The molecule has 0 spiro atoms. The second-order valence-electron chi connectivity index (χ2n) is 6.00. The van der Waals surface area contributed by atoms with E-state index in [-0.39, 0.29) is 18.1 Å². The first-order valence-electron chi connectivity index (χ1n) is 7.18. The molecule has 1 aromatic rings. The van der Waals surface area contributed by atoms with Crippen LogP contribution in [0.4, 0.5) is 4.79 Å². The summed E-state index contributed by atoms with van der Waals surface area (Å²) in [5.41, 5.74) is 1.39. The predicted molar refractivity (Wildman–Crippen MR) is 83.8 cm³/mol. The number of aliphatic hydroxyl groups excluding tert-OH is 1. The van der Waals surface area contributed by atoms with E-state index in [2.05, 4.69) is 38.2 Å². The molecule has 0 bridgehead atoms. The van der Waals surface area contributed by atoms with Crippen molar-refractivity contribution in [2.75, 3.05) is 33.4 Å². The number of carbonyl (C=O) groups excluding carboxylic acids is 1. The minimum Gasteiger partial charge on any atom is -0.492 e. The highest BCUT2D eigenvalue weighted by molar-refractivity contribution is 5.73. The molecule has 21 heavy (non-hydrogen) atoms. The molecule has 0 aromatic heterocycles. The van der Waals surface area contributed by atoms with Gasteiger partial charge in [0.2, 0.25) is 0 Å². The molecule has 0 heterocycles. The Hall–Kier alpha value is -1.75. The maximum Gasteiger partial charge on any atom is 0.317 e. The highest BCUT2D eigenvalue weighted by Gasteiger charge is 2.13. The molecule has 2 N–H and O–H groups in total. The minimum atomic E-state index is -0.212. The van der Waals surface area contributed by atoms with Gasteiger partial charge in [-0.2, -0.15) is 0 Å². The zero-order valence-corrected chi connectivity index (χ0v) is 13.3. The van der Waals surface area contributed by atoms with Crippen LogP contribution in [-0.2, 0) is 5.41 Å². The molecule has 0 saturated heterocycles. The number of rotatable bonds is 6. The molecule has 0 atom stereocenters. The van der Waals surface area contributed by atoms with Crippen molar-refractivity contribution in [3.8, 4) is 5.75 Å². The maximum absolute atomic E-state index is 11.5. The number of hydrogen-bond acceptors (Lipinski definition) is 3. The zero-order chi connectivity index (χ0) is 15.9. The number of nitrogens with zero attached hydrogens (tertiary/aromatic N) is 1. The number of ether oxygens (including phenoxy) is 1. The molecule has 118 valence electrons. The summed E-state index contributed by atoms with van der Waals surface area (Å²) in [5, 5.41) is 11.5. The first-order chi connectivity index (χ1) is 9.84. The Labute approximate surface area is 126 Å². The summed E-state index contributed by atoms with van der Waals surface area (Å²) in [4.78, 5) is 13.0. The lowest BCUT2D eigenvalue weighted by molar-refractivity contribution is 0.188. The van der Waals surface area contributed by atoms with E-state index < -0.39 is 0 Å². The van der Waals surface area contributed by atoms with Gasteiger partial charge >= 0.3 is 6.03 Å². The van der Waals surface area contributed by atoms with Gasteiger partial charge in [0, 0.05) is 13.6 Å². The maximum atomic E-state index is 11.5. The van der Waals surface area contributed by atoms with E-state index in [1.807, 2.05) is 12.1 Å². The van der Waals surface area contributed by atoms with Crippen molar-refractivity contribution in [3.05, 3.63) is 29.8 Å². The van der Waals surface area contributed by atoms with Gasteiger partial charge in [-0.05, 0) is 23.1 Å². The normalized spacial score (nSPS) is 11.1. The molecule has 0 unspecified atom stereocenters. The highest BCUT2D eigenvalue weighted by atomic mass is 16.5. The number of aliphatic hydroxyl groups is 1. The van der Waals surface area contributed by atoms with Crippen LogP contribution in [0.15, 0.2) is 24.3 Å². The summed E-state index contributed by atoms with van der Waals surface area (Å²) < 4.78 is 5.58. The zero-order valence-electron chi connectivity index (χ0n) is 13.3. The Morgan fingerprint density at radius 2 is 1.90 bits per heavy atom. The van der Waals surface area contributed by atoms with Gasteiger partial charge in [-0.1, -0.05) is 32.9 Å². The fourth-order valence-electron chi connectivity index (χ4n) is 1.76. The molecular weight excluding hydrogens is 268 g/mol. The Balaban J connectivity index is 2.32. The SMILES string of the molecule is CN(CCO)C(=O)NCCOc1ccc(C(C)(C)C)cc1. The number of hydrogen-bond donors (Lipinski definition) is 2. The number of urea groups is 1. The van der Waals surface area contributed by atoms with E-state index in [1.54, 1.807) is 7.05 Å². The Morgan fingerprint density at radius 3 is 2.43 bits per heavy atom. The van der Waals surface area contributed by atoms with Crippen LogP contribution in [0, 0.1) is 0 Å². The van der Waals surface area contributed by atoms with E-state index in [4.69, 9.17) is 9.84 Å². The third kappa shape index (κ3) is 6.04. The minimum absolute atomic E-state index is 0.0411. The van der Waals surface area contributed by atoms with Crippen LogP contribution in [0.2, 0.25) is 0 Å². The average Bonchev–Trinajstić information content (AvgIpc) is 2.43. The van der Waals surface area contributed by atoms with E-state index in [0.717, 1.165) is 5.75 Å². The first-order valence-corrected chi connectivity index (χ1v) is 7.18. The molecule has 2 amide bonds. The van der Waals surface area contributed by atoms with Crippen LogP contribution < -0.4 is 10.1 Å². The molecule has 0 aliphatic rings. The van der Waals surface area contributed by atoms with Crippen LogP contribution in [0.25, 0.3) is 0 Å². The fourth-order valence-corrected chi connectivity index (χ4v) is 1.76. The molecule has 5 nitrogen and oxygen atoms in total. The van der Waals surface area contributed by atoms with Crippen molar-refractivity contribution in [1.29, 1.82) is 0 Å². The van der Waals surface area contributed by atoms with Gasteiger partial charge in [0.15, 0.2) is 0 Å². The summed E-state index contributed by atoms with van der Waals surface area (Å²) in [5.74, 6) is 0.793. The van der Waals surface area contributed by atoms with Gasteiger partial charge in [-0.25, -0.2) is 4.79 Å². The lowest BCUT2D eigenvalue weighted by atomic mass is 9.87.